The van der Waals surface area contributed by atoms with E-state index in [1.54, 1.807) is 6.07 Å². The minimum Gasteiger partial charge on any atom is -0.352 e. The van der Waals surface area contributed by atoms with Crippen LogP contribution >= 0.6 is 0 Å². The molecular weight excluding hydrogens is 209 g/mol. The maximum atomic E-state index is 13.0. The van der Waals surface area contributed by atoms with Gasteiger partial charge >= 0.3 is 0 Å². The molecule has 0 heterocycles. The van der Waals surface area contributed by atoms with Crippen LogP contribution in [-0.2, 0) is 11.3 Å². The summed E-state index contributed by atoms with van der Waals surface area (Å²) in [6.07, 6.45) is 2.38. The van der Waals surface area contributed by atoms with Crippen molar-refractivity contribution in [2.45, 2.75) is 19.4 Å². The Morgan fingerprint density at radius 1 is 1.50 bits per heavy atom. The SMILES string of the molecule is O=Cc1cc(CNC(=O)C2CC2)ccc1F. The van der Waals surface area contributed by atoms with Crippen molar-refractivity contribution in [3.63, 3.8) is 0 Å². The average Bonchev–Trinajstić information content (AvgIpc) is 3.11. The number of halogens is 1. The fourth-order valence-corrected chi connectivity index (χ4v) is 1.47. The van der Waals surface area contributed by atoms with Crippen molar-refractivity contribution in [1.29, 1.82) is 0 Å². The van der Waals surface area contributed by atoms with E-state index in [1.807, 2.05) is 0 Å². The van der Waals surface area contributed by atoms with Gasteiger partial charge in [0.2, 0.25) is 5.91 Å². The molecule has 0 aliphatic heterocycles. The summed E-state index contributed by atoms with van der Waals surface area (Å²) >= 11 is 0. The van der Waals surface area contributed by atoms with E-state index in [1.165, 1.54) is 12.1 Å². The quantitative estimate of drug-likeness (QED) is 0.786. The maximum absolute atomic E-state index is 13.0. The number of aldehydes is 1. The van der Waals surface area contributed by atoms with Crippen LogP contribution in [0, 0.1) is 11.7 Å². The van der Waals surface area contributed by atoms with E-state index in [2.05, 4.69) is 5.32 Å². The average molecular weight is 221 g/mol. The van der Waals surface area contributed by atoms with Gasteiger partial charge in [-0.15, -0.1) is 0 Å². The molecule has 4 heteroatoms. The molecule has 1 fully saturated rings. The number of benzene rings is 1. The number of carbonyl (C=O) groups is 2. The van der Waals surface area contributed by atoms with Crippen LogP contribution in [0.4, 0.5) is 4.39 Å². The Labute approximate surface area is 92.7 Å². The molecule has 0 bridgehead atoms. The van der Waals surface area contributed by atoms with Crippen molar-refractivity contribution >= 4 is 12.2 Å². The predicted molar refractivity (Wildman–Crippen MR) is 56.4 cm³/mol. The third-order valence-electron chi connectivity index (χ3n) is 2.60. The van der Waals surface area contributed by atoms with Gasteiger partial charge in [0.25, 0.3) is 0 Å². The topological polar surface area (TPSA) is 46.2 Å². The van der Waals surface area contributed by atoms with E-state index >= 15 is 0 Å². The Morgan fingerprint density at radius 2 is 2.25 bits per heavy atom. The number of hydrogen-bond donors (Lipinski definition) is 1. The minimum atomic E-state index is -0.535. The van der Waals surface area contributed by atoms with Crippen molar-refractivity contribution in [2.24, 2.45) is 5.92 Å². The van der Waals surface area contributed by atoms with E-state index < -0.39 is 5.82 Å². The van der Waals surface area contributed by atoms with Crippen LogP contribution in [0.1, 0.15) is 28.8 Å². The smallest absolute Gasteiger partial charge is 0.223 e. The summed E-state index contributed by atoms with van der Waals surface area (Å²) in [6.45, 7) is 0.344. The second kappa shape index (κ2) is 4.43. The van der Waals surface area contributed by atoms with Gasteiger partial charge in [-0.05, 0) is 30.5 Å². The van der Waals surface area contributed by atoms with Gasteiger partial charge in [0.1, 0.15) is 5.82 Å². The molecule has 0 spiro atoms. The van der Waals surface area contributed by atoms with Crippen LogP contribution in [-0.4, -0.2) is 12.2 Å². The summed E-state index contributed by atoms with van der Waals surface area (Å²) < 4.78 is 13.0. The first-order valence-electron chi connectivity index (χ1n) is 5.22. The molecule has 1 aliphatic rings. The Balaban J connectivity index is 1.98. The molecule has 0 unspecified atom stereocenters. The summed E-state index contributed by atoms with van der Waals surface area (Å²) in [5, 5.41) is 2.75. The van der Waals surface area contributed by atoms with Crippen molar-refractivity contribution in [3.8, 4) is 0 Å². The van der Waals surface area contributed by atoms with E-state index in [-0.39, 0.29) is 17.4 Å². The second-order valence-electron chi connectivity index (χ2n) is 3.97. The highest BCUT2D eigenvalue weighted by Gasteiger charge is 2.29. The van der Waals surface area contributed by atoms with Crippen LogP contribution in [0.2, 0.25) is 0 Å². The Bertz CT molecular complexity index is 427. The first-order valence-corrected chi connectivity index (χ1v) is 5.22. The van der Waals surface area contributed by atoms with Crippen LogP contribution < -0.4 is 5.32 Å². The summed E-state index contributed by atoms with van der Waals surface area (Å²) in [4.78, 5) is 21.9. The molecule has 0 saturated heterocycles. The van der Waals surface area contributed by atoms with Crippen molar-refractivity contribution < 1.29 is 14.0 Å². The third kappa shape index (κ3) is 2.45. The largest absolute Gasteiger partial charge is 0.352 e. The van der Waals surface area contributed by atoms with Gasteiger partial charge < -0.3 is 5.32 Å². The maximum Gasteiger partial charge on any atom is 0.223 e. The molecule has 0 radical (unpaired) electrons. The lowest BCUT2D eigenvalue weighted by molar-refractivity contribution is -0.122. The Kier molecular flexibility index (Phi) is 2.99. The summed E-state index contributed by atoms with van der Waals surface area (Å²) in [6, 6.07) is 4.26. The second-order valence-corrected chi connectivity index (χ2v) is 3.97. The molecule has 0 aromatic heterocycles. The molecular formula is C12H12FNO2. The van der Waals surface area contributed by atoms with Gasteiger partial charge in [-0.3, -0.25) is 9.59 Å². The monoisotopic (exact) mass is 221 g/mol. The highest BCUT2D eigenvalue weighted by molar-refractivity contribution is 5.81. The molecule has 0 atom stereocenters. The van der Waals surface area contributed by atoms with E-state index in [0.29, 0.717) is 12.8 Å². The summed E-state index contributed by atoms with van der Waals surface area (Å²) in [5.41, 5.74) is 0.760. The Morgan fingerprint density at radius 3 is 2.88 bits per heavy atom. The lowest BCUT2D eigenvalue weighted by Gasteiger charge is -2.05. The first-order chi connectivity index (χ1) is 7.70. The van der Waals surface area contributed by atoms with Gasteiger partial charge in [-0.2, -0.15) is 0 Å². The minimum absolute atomic E-state index is 0.0261. The molecule has 16 heavy (non-hydrogen) atoms. The lowest BCUT2D eigenvalue weighted by Crippen LogP contribution is -2.24. The zero-order chi connectivity index (χ0) is 11.5. The van der Waals surface area contributed by atoms with Gasteiger partial charge in [0.05, 0.1) is 5.56 Å². The van der Waals surface area contributed by atoms with Gasteiger partial charge in [0, 0.05) is 12.5 Å². The normalized spacial score (nSPS) is 14.6. The molecule has 1 N–H and O–H groups in total. The Hall–Kier alpha value is -1.71. The van der Waals surface area contributed by atoms with Crippen molar-refractivity contribution in [2.75, 3.05) is 0 Å². The molecule has 3 nitrogen and oxygen atoms in total. The summed E-state index contributed by atoms with van der Waals surface area (Å²) in [7, 11) is 0. The van der Waals surface area contributed by atoms with Gasteiger partial charge in [0.15, 0.2) is 6.29 Å². The number of carbonyl (C=O) groups excluding carboxylic acids is 2. The molecule has 1 aromatic rings. The number of rotatable bonds is 4. The number of amides is 1. The standard InChI is InChI=1S/C12H12FNO2/c13-11-4-1-8(5-10(11)7-15)6-14-12(16)9-2-3-9/h1,4-5,7,9H,2-3,6H2,(H,14,16). The first kappa shape index (κ1) is 10.8. The van der Waals surface area contributed by atoms with E-state index in [4.69, 9.17) is 0 Å². The van der Waals surface area contributed by atoms with E-state index in [9.17, 15) is 14.0 Å². The highest BCUT2D eigenvalue weighted by Crippen LogP contribution is 2.28. The fraction of sp³-hybridized carbons (Fsp3) is 0.333. The fourth-order valence-electron chi connectivity index (χ4n) is 1.47. The zero-order valence-corrected chi connectivity index (χ0v) is 8.70. The van der Waals surface area contributed by atoms with Crippen molar-refractivity contribution in [1.82, 2.24) is 5.32 Å². The molecule has 1 aromatic carbocycles. The van der Waals surface area contributed by atoms with Crippen LogP contribution in [0.15, 0.2) is 18.2 Å². The number of nitrogens with one attached hydrogen (secondary N) is 1. The molecule has 1 saturated carbocycles. The summed E-state index contributed by atoms with van der Waals surface area (Å²) in [5.74, 6) is -0.338. The lowest BCUT2D eigenvalue weighted by atomic mass is 10.1. The molecule has 1 amide bonds. The highest BCUT2D eigenvalue weighted by atomic mass is 19.1. The van der Waals surface area contributed by atoms with Gasteiger partial charge in [-0.1, -0.05) is 6.07 Å². The molecule has 2 rings (SSSR count). The van der Waals surface area contributed by atoms with E-state index in [0.717, 1.165) is 18.4 Å². The van der Waals surface area contributed by atoms with Crippen LogP contribution in [0.5, 0.6) is 0 Å². The molecule has 84 valence electrons. The predicted octanol–water partition coefficient (Wildman–Crippen LogP) is 1.66. The number of hydrogen-bond acceptors (Lipinski definition) is 2. The third-order valence-corrected chi connectivity index (χ3v) is 2.60. The molecule has 1 aliphatic carbocycles. The van der Waals surface area contributed by atoms with Crippen LogP contribution in [0.25, 0.3) is 0 Å². The van der Waals surface area contributed by atoms with Crippen molar-refractivity contribution in [3.05, 3.63) is 35.1 Å². The van der Waals surface area contributed by atoms with Gasteiger partial charge in [-0.25, -0.2) is 4.39 Å². The zero-order valence-electron chi connectivity index (χ0n) is 8.70. The van der Waals surface area contributed by atoms with Crippen LogP contribution in [0.3, 0.4) is 0 Å².